The molecule has 3 rings (SSSR count). The normalized spacial score (nSPS) is 23.8. The van der Waals surface area contributed by atoms with E-state index in [1.165, 1.54) is 0 Å². The lowest BCUT2D eigenvalue weighted by molar-refractivity contribution is -0.140. The van der Waals surface area contributed by atoms with Crippen LogP contribution < -0.4 is 16.0 Å². The lowest BCUT2D eigenvalue weighted by Gasteiger charge is -2.40. The third kappa shape index (κ3) is 4.07. The van der Waals surface area contributed by atoms with Crippen molar-refractivity contribution in [3.63, 3.8) is 0 Å². The van der Waals surface area contributed by atoms with Crippen LogP contribution in [-0.4, -0.2) is 46.4 Å². The van der Waals surface area contributed by atoms with Gasteiger partial charge < -0.3 is 20.9 Å². The van der Waals surface area contributed by atoms with E-state index >= 15 is 0 Å². The number of para-hydroxylation sites is 1. The van der Waals surface area contributed by atoms with E-state index in [1.54, 1.807) is 17.9 Å². The molecule has 7 heteroatoms. The van der Waals surface area contributed by atoms with Gasteiger partial charge in [0.05, 0.1) is 5.56 Å². The maximum Gasteiger partial charge on any atom is 0.255 e. The first kappa shape index (κ1) is 19.2. The number of carbonyl (C=O) groups excluding carboxylic acids is 3. The summed E-state index contributed by atoms with van der Waals surface area (Å²) in [7, 11) is 0. The Kier molecular flexibility index (Phi) is 4.88. The first-order valence-corrected chi connectivity index (χ1v) is 9.41. The van der Waals surface area contributed by atoms with Crippen LogP contribution in [0.1, 0.15) is 57.3 Å². The zero-order valence-corrected chi connectivity index (χ0v) is 16.4. The molecule has 0 radical (unpaired) electrons. The van der Waals surface area contributed by atoms with Crippen molar-refractivity contribution in [2.45, 2.75) is 64.2 Å². The van der Waals surface area contributed by atoms with Gasteiger partial charge in [0.15, 0.2) is 0 Å². The van der Waals surface area contributed by atoms with Gasteiger partial charge in [-0.3, -0.25) is 14.4 Å². The van der Waals surface area contributed by atoms with Gasteiger partial charge in [0.25, 0.3) is 5.91 Å². The summed E-state index contributed by atoms with van der Waals surface area (Å²) in [4.78, 5) is 39.3. The molecule has 1 saturated heterocycles. The molecule has 7 nitrogen and oxygen atoms in total. The molecule has 1 aromatic rings. The largest absolute Gasteiger partial charge is 0.362 e. The van der Waals surface area contributed by atoms with Crippen LogP contribution in [0.4, 0.5) is 5.69 Å². The highest BCUT2D eigenvalue weighted by molar-refractivity contribution is 6.02. The summed E-state index contributed by atoms with van der Waals surface area (Å²) in [5.41, 5.74) is 0.356. The molecule has 1 aromatic carbocycles. The SMILES string of the molecule is CC(C(=O)NC(C)(C)C)N1CCC2(CCC1=O)NC(=O)c1ccccc1N2. The van der Waals surface area contributed by atoms with Gasteiger partial charge in [-0.25, -0.2) is 0 Å². The van der Waals surface area contributed by atoms with Crippen LogP contribution in [0.5, 0.6) is 0 Å². The molecule has 2 aliphatic rings. The van der Waals surface area contributed by atoms with Gasteiger partial charge in [0, 0.05) is 30.6 Å². The van der Waals surface area contributed by atoms with Crippen LogP contribution >= 0.6 is 0 Å². The van der Waals surface area contributed by atoms with Crippen LogP contribution in [0.2, 0.25) is 0 Å². The zero-order chi connectivity index (χ0) is 19.8. The molecule has 27 heavy (non-hydrogen) atoms. The molecular formula is C20H28N4O3. The Morgan fingerprint density at radius 1 is 1.19 bits per heavy atom. The minimum absolute atomic E-state index is 0.0710. The van der Waals surface area contributed by atoms with Crippen LogP contribution in [0, 0.1) is 0 Å². The molecule has 3 N–H and O–H groups in total. The lowest BCUT2D eigenvalue weighted by Crippen LogP contribution is -2.58. The van der Waals surface area contributed by atoms with E-state index in [0.29, 0.717) is 24.9 Å². The minimum Gasteiger partial charge on any atom is -0.362 e. The van der Waals surface area contributed by atoms with Gasteiger partial charge in [-0.1, -0.05) is 12.1 Å². The van der Waals surface area contributed by atoms with E-state index in [1.807, 2.05) is 39.0 Å². The fourth-order valence-electron chi connectivity index (χ4n) is 3.66. The zero-order valence-electron chi connectivity index (χ0n) is 16.4. The molecule has 0 saturated carbocycles. The van der Waals surface area contributed by atoms with Crippen LogP contribution in [0.25, 0.3) is 0 Å². The summed E-state index contributed by atoms with van der Waals surface area (Å²) in [6.45, 7) is 7.88. The van der Waals surface area contributed by atoms with Crippen molar-refractivity contribution in [1.29, 1.82) is 0 Å². The van der Waals surface area contributed by atoms with Gasteiger partial charge in [0.1, 0.15) is 11.7 Å². The fourth-order valence-corrected chi connectivity index (χ4v) is 3.66. The second kappa shape index (κ2) is 6.87. The summed E-state index contributed by atoms with van der Waals surface area (Å²) >= 11 is 0. The average Bonchev–Trinajstić information content (AvgIpc) is 2.73. The topological polar surface area (TPSA) is 90.5 Å². The average molecular weight is 372 g/mol. The van der Waals surface area contributed by atoms with E-state index < -0.39 is 11.7 Å². The van der Waals surface area contributed by atoms with Crippen molar-refractivity contribution in [3.05, 3.63) is 29.8 Å². The highest BCUT2D eigenvalue weighted by Gasteiger charge is 2.41. The number of nitrogens with zero attached hydrogens (tertiary/aromatic N) is 1. The Bertz CT molecular complexity index is 771. The molecular weight excluding hydrogens is 344 g/mol. The van der Waals surface area contributed by atoms with Gasteiger partial charge >= 0.3 is 0 Å². The fraction of sp³-hybridized carbons (Fsp3) is 0.550. The minimum atomic E-state index is -0.671. The van der Waals surface area contributed by atoms with E-state index in [4.69, 9.17) is 0 Å². The molecule has 0 aliphatic carbocycles. The monoisotopic (exact) mass is 372 g/mol. The standard InChI is InChI=1S/C20H28N4O3/c1-13(17(26)22-19(2,3)4)24-12-11-20(10-9-16(24)25)21-15-8-6-5-7-14(15)18(27)23-20/h5-8,13,21H,9-12H2,1-4H3,(H,22,26)(H,23,27). The van der Waals surface area contributed by atoms with Crippen molar-refractivity contribution in [2.75, 3.05) is 11.9 Å². The molecule has 0 aromatic heterocycles. The van der Waals surface area contributed by atoms with Gasteiger partial charge in [0.2, 0.25) is 11.8 Å². The van der Waals surface area contributed by atoms with E-state index in [0.717, 1.165) is 5.69 Å². The number of likely N-dealkylation sites (tertiary alicyclic amines) is 1. The molecule has 2 atom stereocenters. The summed E-state index contributed by atoms with van der Waals surface area (Å²) in [5.74, 6) is -0.375. The highest BCUT2D eigenvalue weighted by atomic mass is 16.2. The maximum atomic E-state index is 12.7. The number of hydrogen-bond donors (Lipinski definition) is 3. The van der Waals surface area contributed by atoms with Crippen LogP contribution in [-0.2, 0) is 9.59 Å². The van der Waals surface area contributed by atoms with Crippen LogP contribution in [0.3, 0.4) is 0 Å². The number of anilines is 1. The number of nitrogens with one attached hydrogen (secondary N) is 3. The number of fused-ring (bicyclic) bond motifs is 1. The first-order valence-electron chi connectivity index (χ1n) is 9.41. The molecule has 2 unspecified atom stereocenters. The molecule has 1 fully saturated rings. The van der Waals surface area contributed by atoms with Crippen molar-refractivity contribution in [3.8, 4) is 0 Å². The molecule has 3 amide bonds. The van der Waals surface area contributed by atoms with Gasteiger partial charge in [-0.15, -0.1) is 0 Å². The van der Waals surface area contributed by atoms with Crippen molar-refractivity contribution in [2.24, 2.45) is 0 Å². The number of amides is 3. The lowest BCUT2D eigenvalue weighted by atomic mass is 9.95. The predicted octanol–water partition coefficient (Wildman–Crippen LogP) is 1.85. The summed E-state index contributed by atoms with van der Waals surface area (Å²) < 4.78 is 0. The third-order valence-electron chi connectivity index (χ3n) is 5.11. The summed E-state index contributed by atoms with van der Waals surface area (Å²) in [6, 6.07) is 6.80. The van der Waals surface area contributed by atoms with E-state index in [9.17, 15) is 14.4 Å². The predicted molar refractivity (Wildman–Crippen MR) is 103 cm³/mol. The highest BCUT2D eigenvalue weighted by Crippen LogP contribution is 2.32. The second-order valence-electron chi connectivity index (χ2n) is 8.46. The van der Waals surface area contributed by atoms with Gasteiger partial charge in [-0.05, 0) is 46.2 Å². The Hall–Kier alpha value is -2.57. The quantitative estimate of drug-likeness (QED) is 0.739. The summed E-state index contributed by atoms with van der Waals surface area (Å²) in [6.07, 6.45) is 1.28. The maximum absolute atomic E-state index is 12.7. The Labute approximate surface area is 159 Å². The smallest absolute Gasteiger partial charge is 0.255 e. The molecule has 1 spiro atoms. The van der Waals surface area contributed by atoms with E-state index in [2.05, 4.69) is 16.0 Å². The van der Waals surface area contributed by atoms with Crippen molar-refractivity contribution < 1.29 is 14.4 Å². The Morgan fingerprint density at radius 2 is 1.89 bits per heavy atom. The number of rotatable bonds is 2. The number of hydrogen-bond acceptors (Lipinski definition) is 4. The third-order valence-corrected chi connectivity index (χ3v) is 5.11. The Balaban J connectivity index is 1.76. The Morgan fingerprint density at radius 3 is 2.59 bits per heavy atom. The molecule has 146 valence electrons. The van der Waals surface area contributed by atoms with Gasteiger partial charge in [-0.2, -0.15) is 0 Å². The van der Waals surface area contributed by atoms with E-state index in [-0.39, 0.29) is 29.7 Å². The molecule has 2 heterocycles. The van der Waals surface area contributed by atoms with Crippen LogP contribution in [0.15, 0.2) is 24.3 Å². The molecule has 2 aliphatic heterocycles. The number of benzene rings is 1. The first-order chi connectivity index (χ1) is 12.6. The summed E-state index contributed by atoms with van der Waals surface area (Å²) in [5, 5.41) is 9.39. The number of carbonyl (C=O) groups is 3. The molecule has 0 bridgehead atoms. The van der Waals surface area contributed by atoms with Crippen molar-refractivity contribution >= 4 is 23.4 Å². The second-order valence-corrected chi connectivity index (χ2v) is 8.46. The van der Waals surface area contributed by atoms with Crippen molar-refractivity contribution in [1.82, 2.24) is 15.5 Å².